The maximum absolute atomic E-state index is 10.6. The van der Waals surface area contributed by atoms with E-state index >= 15 is 0 Å². The molecule has 0 aliphatic rings. The largest absolute Gasteiger partial charge is 0.478 e. The number of aliphatic imine (C=N–C) groups is 1. The average Bonchev–Trinajstić information content (AvgIpc) is 3.15. The maximum Gasteiger partial charge on any atom is 0.328 e. The summed E-state index contributed by atoms with van der Waals surface area (Å²) in [4.78, 5) is 22.4. The summed E-state index contributed by atoms with van der Waals surface area (Å²) in [6, 6.07) is 15.1. The molecule has 0 amide bonds. The van der Waals surface area contributed by atoms with Crippen molar-refractivity contribution in [1.82, 2.24) is 15.4 Å². The number of aliphatic carboxylic acids is 1. The van der Waals surface area contributed by atoms with Crippen molar-refractivity contribution in [3.05, 3.63) is 66.4 Å². The third kappa shape index (κ3) is 4.22. The standard InChI is InChI=1S/C19H17N5O2/c20-23-12-22-16-3-1-2-15(10-16)19-21-11-17(24-19)14-7-4-13(5-8-14)6-9-18(25)26/h1-12H,20H2,(H,21,24)(H,22,23)(H,25,26). The predicted octanol–water partition coefficient (Wildman–Crippen LogP) is 2.96. The van der Waals surface area contributed by atoms with Crippen LogP contribution in [-0.2, 0) is 4.79 Å². The Morgan fingerprint density at radius 1 is 1.19 bits per heavy atom. The first kappa shape index (κ1) is 17.1. The molecule has 26 heavy (non-hydrogen) atoms. The maximum atomic E-state index is 10.6. The molecule has 0 unspecified atom stereocenters. The summed E-state index contributed by atoms with van der Waals surface area (Å²) in [5.74, 6) is 4.94. The van der Waals surface area contributed by atoms with Crippen LogP contribution in [0.3, 0.4) is 0 Å². The van der Waals surface area contributed by atoms with Crippen LogP contribution in [0.15, 0.2) is 65.8 Å². The highest BCUT2D eigenvalue weighted by molar-refractivity contribution is 5.85. The van der Waals surface area contributed by atoms with E-state index < -0.39 is 5.97 Å². The van der Waals surface area contributed by atoms with E-state index in [-0.39, 0.29) is 0 Å². The van der Waals surface area contributed by atoms with Crippen molar-refractivity contribution >= 4 is 24.1 Å². The summed E-state index contributed by atoms with van der Waals surface area (Å²) in [6.45, 7) is 0. The summed E-state index contributed by atoms with van der Waals surface area (Å²) in [5.41, 5.74) is 6.67. The van der Waals surface area contributed by atoms with Crippen molar-refractivity contribution in [2.75, 3.05) is 0 Å². The summed E-state index contributed by atoms with van der Waals surface area (Å²) in [7, 11) is 0. The fourth-order valence-electron chi connectivity index (χ4n) is 2.40. The van der Waals surface area contributed by atoms with Gasteiger partial charge in [-0.2, -0.15) is 0 Å². The highest BCUT2D eigenvalue weighted by Crippen LogP contribution is 2.25. The highest BCUT2D eigenvalue weighted by Gasteiger charge is 2.06. The van der Waals surface area contributed by atoms with E-state index in [1.54, 1.807) is 12.3 Å². The second kappa shape index (κ2) is 7.91. The zero-order valence-electron chi connectivity index (χ0n) is 13.8. The van der Waals surface area contributed by atoms with E-state index in [2.05, 4.69) is 20.4 Å². The number of hydrazine groups is 1. The van der Waals surface area contributed by atoms with E-state index in [4.69, 9.17) is 10.9 Å². The first-order valence-electron chi connectivity index (χ1n) is 7.81. The lowest BCUT2D eigenvalue weighted by Crippen LogP contribution is -2.18. The Labute approximate surface area is 149 Å². The monoisotopic (exact) mass is 347 g/mol. The Morgan fingerprint density at radius 3 is 2.73 bits per heavy atom. The number of aromatic nitrogens is 2. The van der Waals surface area contributed by atoms with Gasteiger partial charge in [-0.05, 0) is 29.3 Å². The van der Waals surface area contributed by atoms with Gasteiger partial charge in [-0.15, -0.1) is 0 Å². The molecule has 0 radical (unpaired) electrons. The Bertz CT molecular complexity index is 958. The Balaban J connectivity index is 1.82. The van der Waals surface area contributed by atoms with Crippen LogP contribution < -0.4 is 11.3 Å². The van der Waals surface area contributed by atoms with Crippen molar-refractivity contribution < 1.29 is 9.90 Å². The van der Waals surface area contributed by atoms with Crippen LogP contribution in [-0.4, -0.2) is 27.4 Å². The third-order valence-electron chi connectivity index (χ3n) is 3.62. The van der Waals surface area contributed by atoms with Crippen LogP contribution in [0.1, 0.15) is 5.56 Å². The fraction of sp³-hybridized carbons (Fsp3) is 0. The SMILES string of the molecule is NNC=Nc1cccc(-c2ncc(-c3ccc(C=CC(=O)O)cc3)[nH]2)c1. The molecular weight excluding hydrogens is 330 g/mol. The number of nitrogens with two attached hydrogens (primary N) is 1. The number of carboxylic acid groups (broad SMARTS) is 1. The Morgan fingerprint density at radius 2 is 2.00 bits per heavy atom. The Hall–Kier alpha value is -3.71. The van der Waals surface area contributed by atoms with Crippen LogP contribution in [0.2, 0.25) is 0 Å². The number of imidazole rings is 1. The van der Waals surface area contributed by atoms with Gasteiger partial charge in [0, 0.05) is 11.6 Å². The van der Waals surface area contributed by atoms with Gasteiger partial charge in [-0.1, -0.05) is 36.4 Å². The lowest BCUT2D eigenvalue weighted by molar-refractivity contribution is -0.131. The summed E-state index contributed by atoms with van der Waals surface area (Å²) < 4.78 is 0. The molecular formula is C19H17N5O2. The first-order valence-corrected chi connectivity index (χ1v) is 7.81. The lowest BCUT2D eigenvalue weighted by atomic mass is 10.1. The first-order chi connectivity index (χ1) is 12.7. The number of nitrogens with zero attached hydrogens (tertiary/aromatic N) is 2. The number of benzene rings is 2. The molecule has 130 valence electrons. The minimum absolute atomic E-state index is 0.729. The minimum Gasteiger partial charge on any atom is -0.478 e. The molecule has 7 nitrogen and oxygen atoms in total. The smallest absolute Gasteiger partial charge is 0.328 e. The molecule has 0 spiro atoms. The van der Waals surface area contributed by atoms with Crippen LogP contribution in [0.5, 0.6) is 0 Å². The topological polar surface area (TPSA) is 116 Å². The number of nitrogens with one attached hydrogen (secondary N) is 2. The van der Waals surface area contributed by atoms with Gasteiger partial charge >= 0.3 is 5.97 Å². The molecule has 0 saturated carbocycles. The second-order valence-electron chi connectivity index (χ2n) is 5.41. The molecule has 0 aliphatic heterocycles. The van der Waals surface area contributed by atoms with Crippen molar-refractivity contribution in [2.24, 2.45) is 10.8 Å². The molecule has 0 aliphatic carbocycles. The molecule has 3 rings (SSSR count). The van der Waals surface area contributed by atoms with Crippen molar-refractivity contribution in [1.29, 1.82) is 0 Å². The van der Waals surface area contributed by atoms with Gasteiger partial charge < -0.3 is 15.5 Å². The highest BCUT2D eigenvalue weighted by atomic mass is 16.4. The third-order valence-corrected chi connectivity index (χ3v) is 3.62. The number of aromatic amines is 1. The molecule has 1 heterocycles. The summed E-state index contributed by atoms with van der Waals surface area (Å²) in [5, 5.41) is 8.67. The second-order valence-corrected chi connectivity index (χ2v) is 5.41. The lowest BCUT2D eigenvalue weighted by Gasteiger charge is -2.00. The molecule has 0 saturated heterocycles. The summed E-state index contributed by atoms with van der Waals surface area (Å²) >= 11 is 0. The van der Waals surface area contributed by atoms with Gasteiger partial charge in [0.05, 0.1) is 17.6 Å². The zero-order valence-corrected chi connectivity index (χ0v) is 13.8. The van der Waals surface area contributed by atoms with E-state index in [9.17, 15) is 4.79 Å². The number of carbonyl (C=O) groups is 1. The normalized spacial score (nSPS) is 11.3. The number of hydrogen-bond acceptors (Lipinski definition) is 4. The van der Waals surface area contributed by atoms with Crippen LogP contribution in [0.4, 0.5) is 5.69 Å². The average molecular weight is 347 g/mol. The molecule has 5 N–H and O–H groups in total. The van der Waals surface area contributed by atoms with E-state index in [0.717, 1.165) is 40.0 Å². The zero-order chi connectivity index (χ0) is 18.4. The number of carboxylic acids is 1. The number of H-pyrrole nitrogens is 1. The van der Waals surface area contributed by atoms with Crippen molar-refractivity contribution in [2.45, 2.75) is 0 Å². The van der Waals surface area contributed by atoms with Crippen LogP contribution in [0.25, 0.3) is 28.7 Å². The van der Waals surface area contributed by atoms with Crippen LogP contribution in [0, 0.1) is 0 Å². The molecule has 3 aromatic rings. The predicted molar refractivity (Wildman–Crippen MR) is 102 cm³/mol. The molecule has 0 bridgehead atoms. The quantitative estimate of drug-likeness (QED) is 0.180. The van der Waals surface area contributed by atoms with Crippen molar-refractivity contribution in [3.63, 3.8) is 0 Å². The Kier molecular flexibility index (Phi) is 5.21. The van der Waals surface area contributed by atoms with Gasteiger partial charge in [0.1, 0.15) is 12.2 Å². The van der Waals surface area contributed by atoms with Crippen molar-refractivity contribution in [3.8, 4) is 22.6 Å². The molecule has 0 atom stereocenters. The number of rotatable bonds is 6. The molecule has 7 heteroatoms. The molecule has 2 aromatic carbocycles. The van der Waals surface area contributed by atoms with E-state index in [0.29, 0.717) is 0 Å². The minimum atomic E-state index is -0.971. The van der Waals surface area contributed by atoms with Gasteiger partial charge in [0.25, 0.3) is 0 Å². The number of hydrogen-bond donors (Lipinski definition) is 4. The van der Waals surface area contributed by atoms with Gasteiger partial charge in [-0.25, -0.2) is 20.6 Å². The van der Waals surface area contributed by atoms with Crippen LogP contribution >= 0.6 is 0 Å². The fourth-order valence-corrected chi connectivity index (χ4v) is 2.40. The van der Waals surface area contributed by atoms with Gasteiger partial charge in [-0.3, -0.25) is 0 Å². The van der Waals surface area contributed by atoms with E-state index in [1.165, 1.54) is 6.34 Å². The van der Waals surface area contributed by atoms with Gasteiger partial charge in [0.2, 0.25) is 0 Å². The van der Waals surface area contributed by atoms with E-state index in [1.807, 2.05) is 48.5 Å². The van der Waals surface area contributed by atoms with Gasteiger partial charge in [0.15, 0.2) is 0 Å². The summed E-state index contributed by atoms with van der Waals surface area (Å²) in [6.07, 6.45) is 5.83. The molecule has 0 fully saturated rings. The molecule has 1 aromatic heterocycles.